The van der Waals surface area contributed by atoms with Gasteiger partial charge in [0.2, 0.25) is 0 Å². The number of carbonyl (C=O) groups is 1. The van der Waals surface area contributed by atoms with Gasteiger partial charge in [-0.05, 0) is 19.2 Å². The van der Waals surface area contributed by atoms with E-state index in [9.17, 15) is 4.79 Å². The van der Waals surface area contributed by atoms with E-state index in [1.54, 1.807) is 18.2 Å². The van der Waals surface area contributed by atoms with Crippen molar-refractivity contribution in [1.29, 1.82) is 0 Å². The van der Waals surface area contributed by atoms with Crippen LogP contribution in [0.3, 0.4) is 0 Å². The van der Waals surface area contributed by atoms with Gasteiger partial charge in [0, 0.05) is 38.4 Å². The topological polar surface area (TPSA) is 79.0 Å². The standard InChI is InChI=1S/C14H21N3O3/c1-16-5-7-17(8-6-16)9-10-20-12-4-2-3-11(15)13(12)14(18)19/h2-4H,5-10,15H2,1H3,(H,18,19). The number of aromatic carboxylic acids is 1. The molecule has 6 heteroatoms. The molecule has 0 radical (unpaired) electrons. The summed E-state index contributed by atoms with van der Waals surface area (Å²) in [6.45, 7) is 5.40. The minimum absolute atomic E-state index is 0.0471. The van der Waals surface area contributed by atoms with Crippen molar-refractivity contribution in [2.24, 2.45) is 0 Å². The van der Waals surface area contributed by atoms with Crippen molar-refractivity contribution in [3.05, 3.63) is 23.8 Å². The highest BCUT2D eigenvalue weighted by Gasteiger charge is 2.16. The summed E-state index contributed by atoms with van der Waals surface area (Å²) in [4.78, 5) is 15.8. The molecule has 1 saturated heterocycles. The minimum atomic E-state index is -1.06. The first kappa shape index (κ1) is 14.6. The summed E-state index contributed by atoms with van der Waals surface area (Å²) in [6.07, 6.45) is 0. The predicted molar refractivity (Wildman–Crippen MR) is 77.2 cm³/mol. The average Bonchev–Trinajstić information content (AvgIpc) is 2.40. The molecule has 0 spiro atoms. The number of rotatable bonds is 5. The smallest absolute Gasteiger partial charge is 0.341 e. The summed E-state index contributed by atoms with van der Waals surface area (Å²) < 4.78 is 5.59. The maximum absolute atomic E-state index is 11.2. The lowest BCUT2D eigenvalue weighted by molar-refractivity contribution is 0.0692. The molecule has 6 nitrogen and oxygen atoms in total. The fraction of sp³-hybridized carbons (Fsp3) is 0.500. The van der Waals surface area contributed by atoms with Crippen LogP contribution in [0.4, 0.5) is 5.69 Å². The van der Waals surface area contributed by atoms with E-state index >= 15 is 0 Å². The van der Waals surface area contributed by atoms with Gasteiger partial charge in [0.15, 0.2) is 0 Å². The van der Waals surface area contributed by atoms with Crippen molar-refractivity contribution in [1.82, 2.24) is 9.80 Å². The van der Waals surface area contributed by atoms with Crippen LogP contribution in [0.5, 0.6) is 5.75 Å². The van der Waals surface area contributed by atoms with Gasteiger partial charge in [0.25, 0.3) is 0 Å². The fourth-order valence-corrected chi connectivity index (χ4v) is 2.25. The first-order valence-electron chi connectivity index (χ1n) is 6.73. The molecule has 3 N–H and O–H groups in total. The first-order valence-corrected chi connectivity index (χ1v) is 6.73. The third-order valence-electron chi connectivity index (χ3n) is 3.53. The number of hydrogen-bond acceptors (Lipinski definition) is 5. The lowest BCUT2D eigenvalue weighted by atomic mass is 10.1. The number of ether oxygens (including phenoxy) is 1. The maximum Gasteiger partial charge on any atom is 0.341 e. The van der Waals surface area contributed by atoms with Crippen LogP contribution in [-0.2, 0) is 0 Å². The van der Waals surface area contributed by atoms with E-state index in [0.29, 0.717) is 12.4 Å². The Labute approximate surface area is 118 Å². The number of likely N-dealkylation sites (N-methyl/N-ethyl adjacent to an activating group) is 1. The second kappa shape index (κ2) is 6.58. The van der Waals surface area contributed by atoms with Gasteiger partial charge < -0.3 is 20.5 Å². The number of anilines is 1. The van der Waals surface area contributed by atoms with E-state index < -0.39 is 5.97 Å². The lowest BCUT2D eigenvalue weighted by Crippen LogP contribution is -2.45. The average molecular weight is 279 g/mol. The molecule has 1 aromatic carbocycles. The van der Waals surface area contributed by atoms with Gasteiger partial charge in [-0.2, -0.15) is 0 Å². The van der Waals surface area contributed by atoms with Crippen LogP contribution in [0.25, 0.3) is 0 Å². The Morgan fingerprint density at radius 2 is 2.05 bits per heavy atom. The van der Waals surface area contributed by atoms with Crippen LogP contribution in [0.1, 0.15) is 10.4 Å². The van der Waals surface area contributed by atoms with Gasteiger partial charge in [0.05, 0.1) is 0 Å². The number of hydrogen-bond donors (Lipinski definition) is 2. The summed E-state index contributed by atoms with van der Waals surface area (Å²) in [5, 5.41) is 9.15. The molecule has 1 aliphatic rings. The minimum Gasteiger partial charge on any atom is -0.491 e. The molecule has 0 saturated carbocycles. The third-order valence-corrected chi connectivity index (χ3v) is 3.53. The Morgan fingerprint density at radius 3 is 2.70 bits per heavy atom. The Morgan fingerprint density at radius 1 is 1.35 bits per heavy atom. The lowest BCUT2D eigenvalue weighted by Gasteiger charge is -2.32. The summed E-state index contributed by atoms with van der Waals surface area (Å²) >= 11 is 0. The number of nitrogen functional groups attached to an aromatic ring is 1. The van der Waals surface area contributed by atoms with Crippen molar-refractivity contribution in [2.45, 2.75) is 0 Å². The summed E-state index contributed by atoms with van der Waals surface area (Å²) in [5.41, 5.74) is 5.95. The highest BCUT2D eigenvalue weighted by molar-refractivity contribution is 5.96. The zero-order chi connectivity index (χ0) is 14.5. The van der Waals surface area contributed by atoms with E-state index in [0.717, 1.165) is 32.7 Å². The molecule has 110 valence electrons. The molecular weight excluding hydrogens is 258 g/mol. The van der Waals surface area contributed by atoms with E-state index in [1.165, 1.54) is 0 Å². The molecule has 0 aliphatic carbocycles. The molecule has 1 aliphatic heterocycles. The van der Waals surface area contributed by atoms with Crippen molar-refractivity contribution >= 4 is 11.7 Å². The van der Waals surface area contributed by atoms with E-state index in [-0.39, 0.29) is 11.3 Å². The SMILES string of the molecule is CN1CCN(CCOc2cccc(N)c2C(=O)O)CC1. The van der Waals surface area contributed by atoms with Crippen LogP contribution in [0.2, 0.25) is 0 Å². The Kier molecular flexibility index (Phi) is 4.81. The summed E-state index contributed by atoms with van der Waals surface area (Å²) in [6, 6.07) is 4.91. The van der Waals surface area contributed by atoms with Crippen LogP contribution in [0, 0.1) is 0 Å². The second-order valence-electron chi connectivity index (χ2n) is 5.02. The Balaban J connectivity index is 1.88. The van der Waals surface area contributed by atoms with E-state index in [2.05, 4.69) is 16.8 Å². The van der Waals surface area contributed by atoms with Crippen LogP contribution in [-0.4, -0.2) is 67.3 Å². The third kappa shape index (κ3) is 3.61. The van der Waals surface area contributed by atoms with Crippen LogP contribution >= 0.6 is 0 Å². The van der Waals surface area contributed by atoms with Crippen molar-refractivity contribution in [2.75, 3.05) is 52.1 Å². The molecule has 1 fully saturated rings. The molecule has 1 aromatic rings. The zero-order valence-corrected chi connectivity index (χ0v) is 11.7. The number of benzene rings is 1. The molecule has 0 aromatic heterocycles. The molecular formula is C14H21N3O3. The highest BCUT2D eigenvalue weighted by Crippen LogP contribution is 2.24. The normalized spacial score (nSPS) is 17.1. The zero-order valence-electron chi connectivity index (χ0n) is 11.7. The van der Waals surface area contributed by atoms with Crippen molar-refractivity contribution < 1.29 is 14.6 Å². The summed E-state index contributed by atoms with van der Waals surface area (Å²) in [7, 11) is 2.11. The number of carboxylic acid groups (broad SMARTS) is 1. The van der Waals surface area contributed by atoms with Gasteiger partial charge in [-0.15, -0.1) is 0 Å². The number of carboxylic acids is 1. The maximum atomic E-state index is 11.2. The highest BCUT2D eigenvalue weighted by atomic mass is 16.5. The van der Waals surface area contributed by atoms with E-state index in [4.69, 9.17) is 15.6 Å². The van der Waals surface area contributed by atoms with Gasteiger partial charge in [-0.25, -0.2) is 4.79 Å². The summed E-state index contributed by atoms with van der Waals surface area (Å²) in [5.74, 6) is -0.718. The van der Waals surface area contributed by atoms with Crippen LogP contribution in [0.15, 0.2) is 18.2 Å². The van der Waals surface area contributed by atoms with Crippen molar-refractivity contribution in [3.8, 4) is 5.75 Å². The fourth-order valence-electron chi connectivity index (χ4n) is 2.25. The first-order chi connectivity index (χ1) is 9.58. The predicted octanol–water partition coefficient (Wildman–Crippen LogP) is 0.593. The number of piperazine rings is 1. The van der Waals surface area contributed by atoms with Crippen LogP contribution < -0.4 is 10.5 Å². The number of nitrogens with zero attached hydrogens (tertiary/aromatic N) is 2. The molecule has 20 heavy (non-hydrogen) atoms. The molecule has 0 atom stereocenters. The molecule has 0 amide bonds. The molecule has 2 rings (SSSR count). The Hall–Kier alpha value is -1.79. The second-order valence-corrected chi connectivity index (χ2v) is 5.02. The van der Waals surface area contributed by atoms with Gasteiger partial charge in [-0.3, -0.25) is 4.90 Å². The molecule has 0 unspecified atom stereocenters. The van der Waals surface area contributed by atoms with Gasteiger partial charge in [0.1, 0.15) is 17.9 Å². The molecule has 1 heterocycles. The monoisotopic (exact) mass is 279 g/mol. The molecule has 0 bridgehead atoms. The largest absolute Gasteiger partial charge is 0.491 e. The van der Waals surface area contributed by atoms with Gasteiger partial charge in [-0.1, -0.05) is 6.07 Å². The van der Waals surface area contributed by atoms with Gasteiger partial charge >= 0.3 is 5.97 Å². The van der Waals surface area contributed by atoms with Crippen molar-refractivity contribution in [3.63, 3.8) is 0 Å². The Bertz CT molecular complexity index is 471. The number of nitrogens with two attached hydrogens (primary N) is 1. The quantitative estimate of drug-likeness (QED) is 0.768. The van der Waals surface area contributed by atoms with E-state index in [1.807, 2.05) is 0 Å².